The van der Waals surface area contributed by atoms with Gasteiger partial charge >= 0.3 is 0 Å². The zero-order chi connectivity index (χ0) is 14.4. The Labute approximate surface area is 117 Å². The molecule has 0 spiro atoms. The fourth-order valence-electron chi connectivity index (χ4n) is 1.88. The van der Waals surface area contributed by atoms with Crippen molar-refractivity contribution in [3.63, 3.8) is 0 Å². The minimum atomic E-state index is -0.523. The fraction of sp³-hybridized carbons (Fsp3) is 0.188. The molecule has 0 unspecified atom stereocenters. The molecule has 0 aliphatic carbocycles. The lowest BCUT2D eigenvalue weighted by molar-refractivity contribution is -0.118. The van der Waals surface area contributed by atoms with Gasteiger partial charge in [-0.15, -0.1) is 0 Å². The van der Waals surface area contributed by atoms with Crippen molar-refractivity contribution >= 4 is 11.7 Å². The summed E-state index contributed by atoms with van der Waals surface area (Å²) in [5, 5.41) is 2.75. The maximum Gasteiger partial charge on any atom is 0.253 e. The molecule has 0 fully saturated rings. The van der Waals surface area contributed by atoms with E-state index in [1.165, 1.54) is 13.1 Å². The predicted molar refractivity (Wildman–Crippen MR) is 76.3 cm³/mol. The summed E-state index contributed by atoms with van der Waals surface area (Å²) in [4.78, 5) is 27.6. The Balaban J connectivity index is 2.07. The smallest absolute Gasteiger partial charge is 0.253 e. The van der Waals surface area contributed by atoms with Crippen molar-refractivity contribution in [3.8, 4) is 0 Å². The molecule has 0 aliphatic rings. The van der Waals surface area contributed by atoms with Gasteiger partial charge in [-0.3, -0.25) is 14.6 Å². The van der Waals surface area contributed by atoms with Gasteiger partial charge in [0.1, 0.15) is 0 Å². The quantitative estimate of drug-likeness (QED) is 0.902. The summed E-state index contributed by atoms with van der Waals surface area (Å²) in [5.41, 5.74) is 1.46. The second-order valence-electron chi connectivity index (χ2n) is 4.57. The first-order valence-corrected chi connectivity index (χ1v) is 6.42. The van der Waals surface area contributed by atoms with Crippen molar-refractivity contribution in [1.29, 1.82) is 0 Å². The van der Waals surface area contributed by atoms with Crippen molar-refractivity contribution in [1.82, 2.24) is 10.3 Å². The highest BCUT2D eigenvalue weighted by molar-refractivity contribution is 5.97. The van der Waals surface area contributed by atoms with E-state index in [2.05, 4.69) is 10.3 Å². The number of rotatable bonds is 5. The summed E-state index contributed by atoms with van der Waals surface area (Å²) < 4.78 is 0. The summed E-state index contributed by atoms with van der Waals surface area (Å²) in [6, 6.07) is 12.4. The average Bonchev–Trinajstić information content (AvgIpc) is 2.48. The first-order chi connectivity index (χ1) is 9.66. The van der Waals surface area contributed by atoms with Gasteiger partial charge in [0, 0.05) is 12.4 Å². The van der Waals surface area contributed by atoms with Crippen LogP contribution in [0.3, 0.4) is 0 Å². The van der Waals surface area contributed by atoms with Gasteiger partial charge in [-0.05, 0) is 31.0 Å². The van der Waals surface area contributed by atoms with Crippen molar-refractivity contribution in [2.45, 2.75) is 19.4 Å². The van der Waals surface area contributed by atoms with Crippen LogP contribution in [0.2, 0.25) is 0 Å². The zero-order valence-electron chi connectivity index (χ0n) is 11.2. The number of hydrogen-bond acceptors (Lipinski definition) is 3. The van der Waals surface area contributed by atoms with Crippen LogP contribution in [-0.2, 0) is 11.2 Å². The van der Waals surface area contributed by atoms with Crippen LogP contribution in [0, 0.1) is 0 Å². The maximum absolute atomic E-state index is 12.0. The second kappa shape index (κ2) is 6.61. The van der Waals surface area contributed by atoms with Crippen molar-refractivity contribution < 1.29 is 9.59 Å². The van der Waals surface area contributed by atoms with Crippen LogP contribution in [0.15, 0.2) is 54.9 Å². The van der Waals surface area contributed by atoms with Gasteiger partial charge in [-0.25, -0.2) is 0 Å². The molecule has 4 nitrogen and oxygen atoms in total. The number of benzene rings is 1. The maximum atomic E-state index is 12.0. The fourth-order valence-corrected chi connectivity index (χ4v) is 1.88. The molecule has 0 radical (unpaired) electrons. The summed E-state index contributed by atoms with van der Waals surface area (Å²) in [5.74, 6) is -0.347. The Bertz CT molecular complexity index is 582. The molecule has 2 aromatic rings. The molecule has 4 heteroatoms. The molecule has 1 aromatic carbocycles. The topological polar surface area (TPSA) is 59.1 Å². The third-order valence-electron chi connectivity index (χ3n) is 3.00. The van der Waals surface area contributed by atoms with E-state index in [0.29, 0.717) is 12.0 Å². The van der Waals surface area contributed by atoms with Crippen molar-refractivity contribution in [2.75, 3.05) is 0 Å². The van der Waals surface area contributed by atoms with Crippen LogP contribution in [0.25, 0.3) is 0 Å². The number of pyridine rings is 1. The van der Waals surface area contributed by atoms with Crippen LogP contribution in [0.5, 0.6) is 0 Å². The molecule has 2 rings (SSSR count). The lowest BCUT2D eigenvalue weighted by Crippen LogP contribution is -2.41. The monoisotopic (exact) mass is 268 g/mol. The van der Waals surface area contributed by atoms with Crippen LogP contribution < -0.4 is 5.32 Å². The number of amides is 1. The highest BCUT2D eigenvalue weighted by Gasteiger charge is 2.18. The Morgan fingerprint density at radius 2 is 1.90 bits per heavy atom. The normalized spacial score (nSPS) is 11.7. The molecule has 0 aliphatic heterocycles. The second-order valence-corrected chi connectivity index (χ2v) is 4.57. The third-order valence-corrected chi connectivity index (χ3v) is 3.00. The molecule has 1 N–H and O–H groups in total. The molecule has 0 saturated heterocycles. The molecular weight excluding hydrogens is 252 g/mol. The van der Waals surface area contributed by atoms with Crippen molar-refractivity contribution in [3.05, 3.63) is 66.0 Å². The van der Waals surface area contributed by atoms with Gasteiger partial charge in [0.25, 0.3) is 5.91 Å². The molecule has 1 aromatic heterocycles. The number of aromatic nitrogens is 1. The van der Waals surface area contributed by atoms with Gasteiger partial charge in [-0.2, -0.15) is 0 Å². The number of Topliss-reactive ketones (excluding diaryl/α,β-unsaturated/α-hetero) is 1. The van der Waals surface area contributed by atoms with E-state index in [4.69, 9.17) is 0 Å². The van der Waals surface area contributed by atoms with Crippen LogP contribution >= 0.6 is 0 Å². The first kappa shape index (κ1) is 13.9. The van der Waals surface area contributed by atoms with E-state index in [9.17, 15) is 9.59 Å². The van der Waals surface area contributed by atoms with E-state index >= 15 is 0 Å². The average molecular weight is 268 g/mol. The van der Waals surface area contributed by atoms with E-state index < -0.39 is 6.04 Å². The molecule has 1 atom stereocenters. The minimum absolute atomic E-state index is 0.0638. The molecule has 0 bridgehead atoms. The Morgan fingerprint density at radius 3 is 2.50 bits per heavy atom. The lowest BCUT2D eigenvalue weighted by atomic mass is 10.0. The van der Waals surface area contributed by atoms with E-state index in [0.717, 1.165) is 5.56 Å². The molecular formula is C16H16N2O2. The first-order valence-electron chi connectivity index (χ1n) is 6.42. The molecule has 1 heterocycles. The molecule has 1 amide bonds. The zero-order valence-corrected chi connectivity index (χ0v) is 11.2. The third kappa shape index (κ3) is 3.75. The van der Waals surface area contributed by atoms with Crippen LogP contribution in [0.1, 0.15) is 22.8 Å². The molecule has 0 saturated carbocycles. The Hall–Kier alpha value is -2.49. The highest BCUT2D eigenvalue weighted by atomic mass is 16.2. The lowest BCUT2D eigenvalue weighted by Gasteiger charge is -2.16. The van der Waals surface area contributed by atoms with Gasteiger partial charge in [-0.1, -0.05) is 30.3 Å². The largest absolute Gasteiger partial charge is 0.342 e. The van der Waals surface area contributed by atoms with E-state index in [1.807, 2.05) is 30.3 Å². The minimum Gasteiger partial charge on any atom is -0.342 e. The summed E-state index contributed by atoms with van der Waals surface area (Å²) in [6.07, 6.45) is 3.57. The van der Waals surface area contributed by atoms with Gasteiger partial charge in [0.05, 0.1) is 11.6 Å². The SMILES string of the molecule is CC(=O)[C@H](Cc1ccccc1)NC(=O)c1cccnc1. The summed E-state index contributed by atoms with van der Waals surface area (Å²) in [7, 11) is 0. The van der Waals surface area contributed by atoms with Gasteiger partial charge in [0.2, 0.25) is 0 Å². The number of ketones is 1. The number of carbonyl (C=O) groups is 2. The standard InChI is InChI=1S/C16H16N2O2/c1-12(19)15(10-13-6-3-2-4-7-13)18-16(20)14-8-5-9-17-11-14/h2-9,11,15H,10H2,1H3,(H,18,20)/t15-/m0/s1. The van der Waals surface area contributed by atoms with Gasteiger partial charge in [0.15, 0.2) is 5.78 Å². The highest BCUT2D eigenvalue weighted by Crippen LogP contribution is 2.05. The summed E-state index contributed by atoms with van der Waals surface area (Å²) in [6.45, 7) is 1.48. The number of carbonyl (C=O) groups excluding carboxylic acids is 2. The van der Waals surface area contributed by atoms with Gasteiger partial charge < -0.3 is 5.32 Å². The number of hydrogen-bond donors (Lipinski definition) is 1. The summed E-state index contributed by atoms with van der Waals surface area (Å²) >= 11 is 0. The Kier molecular flexibility index (Phi) is 4.60. The van der Waals surface area contributed by atoms with Crippen molar-refractivity contribution in [2.24, 2.45) is 0 Å². The van der Waals surface area contributed by atoms with Crippen LogP contribution in [-0.4, -0.2) is 22.7 Å². The van der Waals surface area contributed by atoms with E-state index in [-0.39, 0.29) is 11.7 Å². The predicted octanol–water partition coefficient (Wildman–Crippen LogP) is 2.01. The molecule has 102 valence electrons. The number of nitrogens with one attached hydrogen (secondary N) is 1. The van der Waals surface area contributed by atoms with Crippen LogP contribution in [0.4, 0.5) is 0 Å². The molecule has 20 heavy (non-hydrogen) atoms. The Morgan fingerprint density at radius 1 is 1.15 bits per heavy atom. The van der Waals surface area contributed by atoms with E-state index in [1.54, 1.807) is 18.3 Å². The number of nitrogens with zero attached hydrogens (tertiary/aromatic N) is 1.